The van der Waals surface area contributed by atoms with Crippen molar-refractivity contribution < 1.29 is 9.59 Å². The first kappa shape index (κ1) is 16.7. The molecule has 1 aliphatic heterocycles. The molecule has 24 heavy (non-hydrogen) atoms. The average Bonchev–Trinajstić information content (AvgIpc) is 3.27. The molecule has 0 unspecified atom stereocenters. The van der Waals surface area contributed by atoms with Gasteiger partial charge in [-0.25, -0.2) is 4.79 Å². The van der Waals surface area contributed by atoms with E-state index in [9.17, 15) is 9.59 Å². The van der Waals surface area contributed by atoms with Gasteiger partial charge >= 0.3 is 6.03 Å². The maximum atomic E-state index is 12.5. The number of nitrogens with one attached hydrogen (secondary N) is 1. The fourth-order valence-corrected chi connectivity index (χ4v) is 3.63. The van der Waals surface area contributed by atoms with Crippen LogP contribution in [0.5, 0.6) is 0 Å². The third-order valence-corrected chi connectivity index (χ3v) is 5.05. The van der Waals surface area contributed by atoms with Crippen LogP contribution < -0.4 is 5.32 Å². The second kappa shape index (κ2) is 7.64. The number of hydrogen-bond donors (Lipinski definition) is 1. The van der Waals surface area contributed by atoms with Crippen LogP contribution in [0.2, 0.25) is 0 Å². The number of nitrogens with zero attached hydrogens (tertiary/aromatic N) is 3. The van der Waals surface area contributed by atoms with Crippen molar-refractivity contribution in [3.8, 4) is 0 Å². The molecule has 0 aromatic carbocycles. The summed E-state index contributed by atoms with van der Waals surface area (Å²) in [5.74, 6) is 0.503. The van der Waals surface area contributed by atoms with E-state index in [1.165, 1.54) is 12.8 Å². The number of carbonyl (C=O) groups excluding carboxylic acids is 2. The first-order valence-electron chi connectivity index (χ1n) is 8.83. The number of carbonyl (C=O) groups is 2. The van der Waals surface area contributed by atoms with Gasteiger partial charge in [-0.05, 0) is 37.0 Å². The van der Waals surface area contributed by atoms with E-state index in [0.717, 1.165) is 31.4 Å². The molecule has 0 spiro atoms. The summed E-state index contributed by atoms with van der Waals surface area (Å²) in [7, 11) is 1.78. The first-order valence-corrected chi connectivity index (χ1v) is 8.83. The number of hydrogen-bond acceptors (Lipinski definition) is 3. The molecule has 2 heterocycles. The Hall–Kier alpha value is -2.11. The van der Waals surface area contributed by atoms with Crippen LogP contribution in [0.3, 0.4) is 0 Å². The molecule has 1 saturated heterocycles. The monoisotopic (exact) mass is 330 g/mol. The van der Waals surface area contributed by atoms with Crippen LogP contribution in [-0.2, 0) is 11.3 Å². The Morgan fingerprint density at radius 3 is 2.67 bits per heavy atom. The van der Waals surface area contributed by atoms with E-state index in [2.05, 4.69) is 10.3 Å². The predicted molar refractivity (Wildman–Crippen MR) is 91.2 cm³/mol. The van der Waals surface area contributed by atoms with E-state index in [1.54, 1.807) is 24.3 Å². The van der Waals surface area contributed by atoms with Crippen molar-refractivity contribution in [3.05, 3.63) is 30.1 Å². The molecule has 3 rings (SSSR count). The van der Waals surface area contributed by atoms with E-state index in [4.69, 9.17) is 0 Å². The molecule has 2 aliphatic rings. The van der Waals surface area contributed by atoms with Crippen molar-refractivity contribution >= 4 is 11.9 Å². The summed E-state index contributed by atoms with van der Waals surface area (Å²) in [6.07, 6.45) is 8.69. The fourth-order valence-electron chi connectivity index (χ4n) is 3.63. The summed E-state index contributed by atoms with van der Waals surface area (Å²) >= 11 is 0. The Balaban J connectivity index is 1.46. The predicted octanol–water partition coefficient (Wildman–Crippen LogP) is 2.01. The van der Waals surface area contributed by atoms with Crippen molar-refractivity contribution in [1.29, 1.82) is 0 Å². The van der Waals surface area contributed by atoms with Gasteiger partial charge in [0.2, 0.25) is 5.91 Å². The van der Waals surface area contributed by atoms with Crippen molar-refractivity contribution in [1.82, 2.24) is 20.1 Å². The fraction of sp³-hybridized carbons (Fsp3) is 0.611. The number of likely N-dealkylation sites (tertiary alicyclic amines) is 1. The van der Waals surface area contributed by atoms with Gasteiger partial charge in [-0.1, -0.05) is 12.8 Å². The van der Waals surface area contributed by atoms with Gasteiger partial charge in [0.25, 0.3) is 0 Å². The molecule has 6 nitrogen and oxygen atoms in total. The quantitative estimate of drug-likeness (QED) is 0.918. The molecule has 0 radical (unpaired) electrons. The largest absolute Gasteiger partial charge is 0.340 e. The van der Waals surface area contributed by atoms with Crippen LogP contribution in [0.4, 0.5) is 4.79 Å². The van der Waals surface area contributed by atoms with Crippen LogP contribution in [-0.4, -0.2) is 52.9 Å². The van der Waals surface area contributed by atoms with Gasteiger partial charge in [0.15, 0.2) is 0 Å². The summed E-state index contributed by atoms with van der Waals surface area (Å²) in [5.41, 5.74) is 1.05. The highest BCUT2D eigenvalue weighted by atomic mass is 16.2. The zero-order valence-corrected chi connectivity index (χ0v) is 14.3. The molecule has 1 N–H and O–H groups in total. The first-order chi connectivity index (χ1) is 11.6. The minimum atomic E-state index is -0.0908. The standard InChI is InChI=1S/C18H26N4O2/c1-21(12-14-6-9-19-10-7-14)18(24)20-16-8-11-22(13-16)17(23)15-4-2-3-5-15/h6-7,9-10,15-16H,2-5,8,11-13H2,1H3,(H,20,24)/t16-/m1/s1. The Bertz CT molecular complexity index is 572. The SMILES string of the molecule is CN(Cc1ccncc1)C(=O)N[C@@H]1CCN(C(=O)C2CCCC2)C1. The van der Waals surface area contributed by atoms with Crippen molar-refractivity contribution in [2.75, 3.05) is 20.1 Å². The minimum Gasteiger partial charge on any atom is -0.340 e. The molecule has 0 bridgehead atoms. The highest BCUT2D eigenvalue weighted by molar-refractivity contribution is 5.80. The molecular weight excluding hydrogens is 304 g/mol. The van der Waals surface area contributed by atoms with Crippen LogP contribution in [0.15, 0.2) is 24.5 Å². The molecule has 1 aromatic heterocycles. The number of urea groups is 1. The minimum absolute atomic E-state index is 0.0581. The second-order valence-corrected chi connectivity index (χ2v) is 6.91. The molecule has 3 amide bonds. The smallest absolute Gasteiger partial charge is 0.317 e. The topological polar surface area (TPSA) is 65.5 Å². The number of pyridine rings is 1. The molecule has 1 saturated carbocycles. The lowest BCUT2D eigenvalue weighted by Gasteiger charge is -2.23. The molecule has 1 aliphatic carbocycles. The lowest BCUT2D eigenvalue weighted by molar-refractivity contribution is -0.134. The molecule has 6 heteroatoms. The van der Waals surface area contributed by atoms with Gasteiger partial charge in [0.1, 0.15) is 0 Å². The molecule has 1 aromatic rings. The van der Waals surface area contributed by atoms with Crippen LogP contribution >= 0.6 is 0 Å². The van der Waals surface area contributed by atoms with Crippen LogP contribution in [0, 0.1) is 5.92 Å². The Kier molecular flexibility index (Phi) is 5.33. The van der Waals surface area contributed by atoms with Crippen LogP contribution in [0.1, 0.15) is 37.7 Å². The Morgan fingerprint density at radius 2 is 1.96 bits per heavy atom. The second-order valence-electron chi connectivity index (χ2n) is 6.91. The summed E-state index contributed by atoms with van der Waals surface area (Å²) in [5, 5.41) is 3.05. The molecule has 1 atom stereocenters. The number of aromatic nitrogens is 1. The maximum Gasteiger partial charge on any atom is 0.317 e. The zero-order chi connectivity index (χ0) is 16.9. The normalized spacial score (nSPS) is 21.0. The third kappa shape index (κ3) is 4.04. The summed E-state index contributed by atoms with van der Waals surface area (Å²) < 4.78 is 0. The zero-order valence-electron chi connectivity index (χ0n) is 14.3. The van der Waals surface area contributed by atoms with Crippen molar-refractivity contribution in [2.45, 2.75) is 44.7 Å². The highest BCUT2D eigenvalue weighted by Gasteiger charge is 2.33. The maximum absolute atomic E-state index is 12.5. The highest BCUT2D eigenvalue weighted by Crippen LogP contribution is 2.27. The Labute approximate surface area is 143 Å². The summed E-state index contributed by atoms with van der Waals surface area (Å²) in [6, 6.07) is 3.78. The van der Waals surface area contributed by atoms with Crippen LogP contribution in [0.25, 0.3) is 0 Å². The average molecular weight is 330 g/mol. The van der Waals surface area contributed by atoms with Gasteiger partial charge < -0.3 is 15.1 Å². The lowest BCUT2D eigenvalue weighted by atomic mass is 10.1. The lowest BCUT2D eigenvalue weighted by Crippen LogP contribution is -2.44. The Morgan fingerprint density at radius 1 is 1.25 bits per heavy atom. The molecule has 130 valence electrons. The summed E-state index contributed by atoms with van der Waals surface area (Å²) in [4.78, 5) is 32.4. The van der Waals surface area contributed by atoms with Gasteiger partial charge in [-0.2, -0.15) is 0 Å². The van der Waals surface area contributed by atoms with Crippen molar-refractivity contribution in [3.63, 3.8) is 0 Å². The van der Waals surface area contributed by atoms with E-state index in [-0.39, 0.29) is 23.9 Å². The van der Waals surface area contributed by atoms with Gasteiger partial charge in [-0.3, -0.25) is 9.78 Å². The van der Waals surface area contributed by atoms with E-state index < -0.39 is 0 Å². The van der Waals surface area contributed by atoms with E-state index >= 15 is 0 Å². The van der Waals surface area contributed by atoms with E-state index in [0.29, 0.717) is 13.1 Å². The third-order valence-electron chi connectivity index (χ3n) is 5.05. The van der Waals surface area contributed by atoms with Gasteiger partial charge in [0, 0.05) is 51.0 Å². The van der Waals surface area contributed by atoms with Gasteiger partial charge in [-0.15, -0.1) is 0 Å². The number of rotatable bonds is 4. The summed E-state index contributed by atoms with van der Waals surface area (Å²) in [6.45, 7) is 1.95. The van der Waals surface area contributed by atoms with Crippen molar-refractivity contribution in [2.24, 2.45) is 5.92 Å². The molecular formula is C18H26N4O2. The van der Waals surface area contributed by atoms with Gasteiger partial charge in [0.05, 0.1) is 0 Å². The van der Waals surface area contributed by atoms with E-state index in [1.807, 2.05) is 17.0 Å². The molecule has 2 fully saturated rings. The number of amides is 3.